The van der Waals surface area contributed by atoms with E-state index in [1.54, 1.807) is 0 Å². The van der Waals surface area contributed by atoms with E-state index in [0.717, 1.165) is 0 Å². The Bertz CT molecular complexity index is 2070. The zero-order chi connectivity index (χ0) is 26.1. The number of hydrogen-bond acceptors (Lipinski definition) is 1. The summed E-state index contributed by atoms with van der Waals surface area (Å²) in [7, 11) is 0. The fourth-order valence-electron chi connectivity index (χ4n) is 6.61. The Labute approximate surface area is 233 Å². The molecule has 0 saturated carbocycles. The number of benzene rings is 6. The summed E-state index contributed by atoms with van der Waals surface area (Å²) < 4.78 is 2.45. The first kappa shape index (κ1) is 22.7. The summed E-state index contributed by atoms with van der Waals surface area (Å²) in [5.41, 5.74) is 10.6. The van der Waals surface area contributed by atoms with Crippen LogP contribution < -0.4 is 16.4 Å². The highest BCUT2D eigenvalue weighted by Crippen LogP contribution is 2.37. The van der Waals surface area contributed by atoms with Crippen molar-refractivity contribution in [1.82, 2.24) is 4.57 Å². The summed E-state index contributed by atoms with van der Waals surface area (Å²) >= 11 is 1.90. The van der Waals surface area contributed by atoms with E-state index in [0.29, 0.717) is 0 Å². The first-order chi connectivity index (χ1) is 19.2. The molecule has 1 aromatic heterocycles. The zero-order valence-electron chi connectivity index (χ0n) is 22.0. The lowest BCUT2D eigenvalue weighted by atomic mass is 9.35. The van der Waals surface area contributed by atoms with E-state index in [2.05, 4.69) is 140 Å². The average Bonchev–Trinajstić information content (AvgIpc) is 3.28. The Balaban J connectivity index is 1.39. The van der Waals surface area contributed by atoms with Gasteiger partial charge in [-0.3, -0.25) is 0 Å². The van der Waals surface area contributed by atoms with Gasteiger partial charge in [-0.15, -0.1) is 0 Å². The molecule has 0 amide bonds. The van der Waals surface area contributed by atoms with Crippen molar-refractivity contribution in [2.45, 2.75) is 23.6 Å². The van der Waals surface area contributed by atoms with Gasteiger partial charge in [0.05, 0.1) is 11.0 Å². The van der Waals surface area contributed by atoms with Gasteiger partial charge in [-0.05, 0) is 61.0 Å². The molecular weight excluding hydrogens is 489 g/mol. The molecule has 184 valence electrons. The Hall–Kier alpha value is -4.21. The molecule has 0 radical (unpaired) electrons. The maximum absolute atomic E-state index is 2.45. The van der Waals surface area contributed by atoms with Gasteiger partial charge < -0.3 is 4.57 Å². The normalized spacial score (nSPS) is 12.7. The quantitative estimate of drug-likeness (QED) is 0.216. The van der Waals surface area contributed by atoms with Crippen LogP contribution in [0.25, 0.3) is 38.3 Å². The van der Waals surface area contributed by atoms with E-state index in [1.807, 2.05) is 11.8 Å². The molecule has 0 atom stereocenters. The van der Waals surface area contributed by atoms with Gasteiger partial charge in [0.25, 0.3) is 0 Å². The third kappa shape index (κ3) is 3.43. The summed E-state index contributed by atoms with van der Waals surface area (Å²) in [6, 6.07) is 44.9. The molecule has 0 unspecified atom stereocenters. The second kappa shape index (κ2) is 8.66. The van der Waals surface area contributed by atoms with Gasteiger partial charge in [0.15, 0.2) is 0 Å². The second-order valence-electron chi connectivity index (χ2n) is 10.7. The van der Waals surface area contributed by atoms with Crippen molar-refractivity contribution in [3.05, 3.63) is 132 Å². The van der Waals surface area contributed by atoms with Crippen LogP contribution in [0.5, 0.6) is 0 Å². The molecule has 0 fully saturated rings. The minimum atomic E-state index is 0.231. The summed E-state index contributed by atoms with van der Waals surface area (Å²) in [5, 5.41) is 5.14. The van der Waals surface area contributed by atoms with Crippen LogP contribution in [0.2, 0.25) is 0 Å². The Morgan fingerprint density at radius 2 is 1.23 bits per heavy atom. The number of aromatic nitrogens is 1. The van der Waals surface area contributed by atoms with Crippen LogP contribution in [-0.2, 0) is 0 Å². The van der Waals surface area contributed by atoms with Crippen molar-refractivity contribution in [2.75, 3.05) is 0 Å². The van der Waals surface area contributed by atoms with Gasteiger partial charge in [-0.1, -0.05) is 124 Å². The Morgan fingerprint density at radius 3 is 2.08 bits per heavy atom. The fourth-order valence-corrected chi connectivity index (χ4v) is 7.78. The molecule has 1 aliphatic rings. The highest BCUT2D eigenvalue weighted by atomic mass is 32.2. The molecule has 3 heteroatoms. The standard InChI is InChI=1S/C36H26BNS/c1-23-10-9-11-24(2)36(23)37-30-15-6-8-17-34(30)39-35-22-27(18-19-31(35)37)38-32-16-7-5-14-28(32)29-20-25-12-3-4-13-26(25)21-33(29)38/h3-22H,1-2H3. The highest BCUT2D eigenvalue weighted by molar-refractivity contribution is 8.00. The van der Waals surface area contributed by atoms with E-state index < -0.39 is 0 Å². The molecule has 8 rings (SSSR count). The molecule has 0 saturated heterocycles. The molecule has 0 spiro atoms. The fraction of sp³-hybridized carbons (Fsp3) is 0.0556. The molecule has 2 heterocycles. The minimum absolute atomic E-state index is 0.231. The molecular formula is C36H26BNS. The van der Waals surface area contributed by atoms with E-state index >= 15 is 0 Å². The maximum Gasteiger partial charge on any atom is 0.244 e. The lowest BCUT2D eigenvalue weighted by Gasteiger charge is -2.28. The van der Waals surface area contributed by atoms with Gasteiger partial charge >= 0.3 is 0 Å². The topological polar surface area (TPSA) is 4.93 Å². The number of nitrogens with zero attached hydrogens (tertiary/aromatic N) is 1. The van der Waals surface area contributed by atoms with E-state index in [-0.39, 0.29) is 6.71 Å². The van der Waals surface area contributed by atoms with E-state index in [1.165, 1.54) is 75.6 Å². The molecule has 1 aliphatic heterocycles. The smallest absolute Gasteiger partial charge is 0.244 e. The van der Waals surface area contributed by atoms with Gasteiger partial charge in [0.2, 0.25) is 6.71 Å². The first-order valence-electron chi connectivity index (χ1n) is 13.6. The van der Waals surface area contributed by atoms with Crippen molar-refractivity contribution < 1.29 is 0 Å². The number of fused-ring (bicyclic) bond motifs is 6. The predicted octanol–water partition coefficient (Wildman–Crippen LogP) is 7.53. The van der Waals surface area contributed by atoms with Crippen molar-refractivity contribution >= 4 is 67.4 Å². The van der Waals surface area contributed by atoms with Crippen molar-refractivity contribution in [1.29, 1.82) is 0 Å². The van der Waals surface area contributed by atoms with Gasteiger partial charge in [0, 0.05) is 26.3 Å². The summed E-state index contributed by atoms with van der Waals surface area (Å²) in [5.74, 6) is 0. The third-order valence-corrected chi connectivity index (χ3v) is 9.55. The monoisotopic (exact) mass is 515 g/mol. The van der Waals surface area contributed by atoms with Gasteiger partial charge in [-0.2, -0.15) is 0 Å². The second-order valence-corrected chi connectivity index (χ2v) is 11.8. The lowest BCUT2D eigenvalue weighted by Crippen LogP contribution is -2.56. The summed E-state index contributed by atoms with van der Waals surface area (Å²) in [4.78, 5) is 2.69. The van der Waals surface area contributed by atoms with Crippen LogP contribution in [0, 0.1) is 13.8 Å². The number of rotatable bonds is 2. The van der Waals surface area contributed by atoms with Crippen molar-refractivity contribution in [3.8, 4) is 5.69 Å². The largest absolute Gasteiger partial charge is 0.309 e. The average molecular weight is 515 g/mol. The van der Waals surface area contributed by atoms with Crippen molar-refractivity contribution in [2.24, 2.45) is 0 Å². The molecule has 0 aliphatic carbocycles. The Kier molecular flexibility index (Phi) is 5.05. The lowest BCUT2D eigenvalue weighted by molar-refractivity contribution is 1.17. The van der Waals surface area contributed by atoms with E-state index in [9.17, 15) is 0 Å². The molecule has 7 aromatic rings. The minimum Gasteiger partial charge on any atom is -0.309 e. The number of aryl methyl sites for hydroxylation is 2. The van der Waals surface area contributed by atoms with E-state index in [4.69, 9.17) is 0 Å². The zero-order valence-corrected chi connectivity index (χ0v) is 22.8. The summed E-state index contributed by atoms with van der Waals surface area (Å²) in [6.45, 7) is 4.74. The van der Waals surface area contributed by atoms with Gasteiger partial charge in [0.1, 0.15) is 0 Å². The summed E-state index contributed by atoms with van der Waals surface area (Å²) in [6.07, 6.45) is 0. The third-order valence-electron chi connectivity index (χ3n) is 8.39. The van der Waals surface area contributed by atoms with Crippen LogP contribution in [-0.4, -0.2) is 11.3 Å². The molecule has 1 nitrogen and oxygen atoms in total. The van der Waals surface area contributed by atoms with Crippen LogP contribution >= 0.6 is 11.8 Å². The molecule has 0 bridgehead atoms. The van der Waals surface area contributed by atoms with Crippen LogP contribution in [0.4, 0.5) is 0 Å². The highest BCUT2D eigenvalue weighted by Gasteiger charge is 2.33. The first-order valence-corrected chi connectivity index (χ1v) is 14.4. The van der Waals surface area contributed by atoms with Crippen molar-refractivity contribution in [3.63, 3.8) is 0 Å². The molecule has 39 heavy (non-hydrogen) atoms. The Morgan fingerprint density at radius 1 is 0.538 bits per heavy atom. The molecule has 6 aromatic carbocycles. The number of para-hydroxylation sites is 1. The van der Waals surface area contributed by atoms with Crippen LogP contribution in [0.3, 0.4) is 0 Å². The molecule has 0 N–H and O–H groups in total. The van der Waals surface area contributed by atoms with Crippen LogP contribution in [0.1, 0.15) is 11.1 Å². The number of hydrogen-bond donors (Lipinski definition) is 0. The predicted molar refractivity (Wildman–Crippen MR) is 169 cm³/mol. The van der Waals surface area contributed by atoms with Gasteiger partial charge in [-0.25, -0.2) is 0 Å². The SMILES string of the molecule is Cc1cccc(C)c1B1c2ccccc2Sc2cc(-n3c4ccccc4c4cc5ccccc5cc43)ccc21. The van der Waals surface area contributed by atoms with Crippen LogP contribution in [0.15, 0.2) is 131 Å². The maximum atomic E-state index is 2.45.